The number of anilines is 1. The number of hydroxylamine groups is 1. The van der Waals surface area contributed by atoms with Gasteiger partial charge in [0.2, 0.25) is 5.91 Å². The lowest BCUT2D eigenvalue weighted by atomic mass is 9.70. The molecule has 0 unspecified atom stereocenters. The summed E-state index contributed by atoms with van der Waals surface area (Å²) in [5, 5.41) is 13.1. The molecule has 0 radical (unpaired) electrons. The van der Waals surface area contributed by atoms with Crippen molar-refractivity contribution in [2.45, 2.75) is 25.7 Å². The van der Waals surface area contributed by atoms with Crippen LogP contribution in [0.4, 0.5) is 14.5 Å². The van der Waals surface area contributed by atoms with Gasteiger partial charge in [0.05, 0.1) is 5.41 Å². The maximum absolute atomic E-state index is 13.8. The lowest BCUT2D eigenvalue weighted by molar-refractivity contribution is -0.128. The third-order valence-corrected chi connectivity index (χ3v) is 5.55. The summed E-state index contributed by atoms with van der Waals surface area (Å²) in [6.07, 6.45) is 2.76. The molecular formula is C20H18F2N2O3. The van der Waals surface area contributed by atoms with Crippen LogP contribution >= 0.6 is 0 Å². The molecule has 0 bridgehead atoms. The van der Waals surface area contributed by atoms with Crippen molar-refractivity contribution in [2.75, 3.05) is 11.6 Å². The van der Waals surface area contributed by atoms with Crippen LogP contribution in [0, 0.1) is 17.0 Å². The van der Waals surface area contributed by atoms with E-state index in [9.17, 15) is 23.6 Å². The average molecular weight is 372 g/mol. The van der Waals surface area contributed by atoms with Crippen LogP contribution in [0.2, 0.25) is 0 Å². The normalized spacial score (nSPS) is 21.1. The van der Waals surface area contributed by atoms with E-state index in [0.29, 0.717) is 25.8 Å². The average Bonchev–Trinajstić information content (AvgIpc) is 3.01. The summed E-state index contributed by atoms with van der Waals surface area (Å²) in [5.74, 6) is -2.43. The van der Waals surface area contributed by atoms with E-state index in [4.69, 9.17) is 0 Å². The predicted octanol–water partition coefficient (Wildman–Crippen LogP) is 3.00. The Kier molecular flexibility index (Phi) is 4.19. The van der Waals surface area contributed by atoms with Crippen molar-refractivity contribution in [3.8, 4) is 0 Å². The van der Waals surface area contributed by atoms with Crippen LogP contribution in [0.25, 0.3) is 0 Å². The second-order valence-corrected chi connectivity index (χ2v) is 7.16. The molecule has 2 aromatic rings. The number of fused-ring (bicyclic) bond motifs is 1. The molecule has 0 saturated carbocycles. The van der Waals surface area contributed by atoms with Crippen LogP contribution in [0.3, 0.4) is 0 Å². The van der Waals surface area contributed by atoms with Gasteiger partial charge in [-0.25, -0.2) is 8.78 Å². The van der Waals surface area contributed by atoms with Crippen LogP contribution in [0.15, 0.2) is 36.4 Å². The molecule has 0 aromatic heterocycles. The smallest absolute Gasteiger partial charge is 0.282 e. The molecule has 4 rings (SSSR count). The summed E-state index contributed by atoms with van der Waals surface area (Å²) in [6, 6.07) is 7.47. The molecular weight excluding hydrogens is 354 g/mol. The zero-order valence-electron chi connectivity index (χ0n) is 14.5. The van der Waals surface area contributed by atoms with Crippen LogP contribution in [-0.2, 0) is 17.6 Å². The molecule has 1 atom stereocenters. The largest absolute Gasteiger partial charge is 0.356 e. The summed E-state index contributed by atoms with van der Waals surface area (Å²) in [6.45, 7) is 0.684. The standard InChI is InChI=1S/C20H18F2N2O3/c21-15-3-4-16(22)17(10-15)24(27)18(25)13-1-2-14-11-20(6-5-12(14)9-13)7-8-23-19(20)26/h1-4,9-10,27H,5-8,11H2,(H,23,26)/t20-/m1/s1. The minimum Gasteiger partial charge on any atom is -0.356 e. The zero-order valence-corrected chi connectivity index (χ0v) is 14.5. The SMILES string of the molecule is O=C(c1ccc2c(c1)CC[C@@]1(CCNC1=O)C2)N(O)c1cc(F)ccc1F. The Bertz CT molecular complexity index is 947. The van der Waals surface area contributed by atoms with Gasteiger partial charge in [0.25, 0.3) is 5.91 Å². The van der Waals surface area contributed by atoms with E-state index in [0.717, 1.165) is 35.7 Å². The van der Waals surface area contributed by atoms with Gasteiger partial charge in [0, 0.05) is 18.2 Å². The topological polar surface area (TPSA) is 69.6 Å². The Morgan fingerprint density at radius 2 is 1.93 bits per heavy atom. The van der Waals surface area contributed by atoms with Crippen LogP contribution in [0.1, 0.15) is 34.3 Å². The van der Waals surface area contributed by atoms with Crippen molar-refractivity contribution in [1.29, 1.82) is 0 Å². The van der Waals surface area contributed by atoms with E-state index in [-0.39, 0.29) is 21.9 Å². The van der Waals surface area contributed by atoms with Crippen molar-refractivity contribution < 1.29 is 23.6 Å². The molecule has 140 valence electrons. The van der Waals surface area contributed by atoms with E-state index in [1.165, 1.54) is 6.07 Å². The van der Waals surface area contributed by atoms with Gasteiger partial charge in [0.1, 0.15) is 17.3 Å². The van der Waals surface area contributed by atoms with Gasteiger partial charge in [-0.05, 0) is 61.1 Å². The second kappa shape index (κ2) is 6.42. The van der Waals surface area contributed by atoms with Crippen molar-refractivity contribution in [3.05, 3.63) is 64.7 Å². The van der Waals surface area contributed by atoms with Crippen molar-refractivity contribution in [3.63, 3.8) is 0 Å². The fraction of sp³-hybridized carbons (Fsp3) is 0.300. The Hall–Kier alpha value is -2.80. The zero-order chi connectivity index (χ0) is 19.2. The molecule has 1 aliphatic carbocycles. The number of carbonyl (C=O) groups excluding carboxylic acids is 2. The quantitative estimate of drug-likeness (QED) is 0.629. The molecule has 2 amide bonds. The highest BCUT2D eigenvalue weighted by molar-refractivity contribution is 6.04. The maximum Gasteiger partial charge on any atom is 0.282 e. The Labute approximate surface area is 154 Å². The van der Waals surface area contributed by atoms with E-state index in [1.807, 2.05) is 0 Å². The second-order valence-electron chi connectivity index (χ2n) is 7.16. The van der Waals surface area contributed by atoms with Gasteiger partial charge in [0.15, 0.2) is 0 Å². The molecule has 1 heterocycles. The molecule has 5 nitrogen and oxygen atoms in total. The Morgan fingerprint density at radius 1 is 1.11 bits per heavy atom. The van der Waals surface area contributed by atoms with Crippen molar-refractivity contribution >= 4 is 17.5 Å². The van der Waals surface area contributed by atoms with Gasteiger partial charge >= 0.3 is 0 Å². The fourth-order valence-electron chi connectivity index (χ4n) is 3.99. The van der Waals surface area contributed by atoms with Gasteiger partial charge in [-0.2, -0.15) is 5.06 Å². The Morgan fingerprint density at radius 3 is 2.67 bits per heavy atom. The molecule has 2 N–H and O–H groups in total. The molecule has 1 spiro atoms. The lowest BCUT2D eigenvalue weighted by Gasteiger charge is -2.32. The fourth-order valence-corrected chi connectivity index (χ4v) is 3.99. The predicted molar refractivity (Wildman–Crippen MR) is 93.5 cm³/mol. The number of aryl methyl sites for hydroxylation is 1. The molecule has 1 aliphatic heterocycles. The van der Waals surface area contributed by atoms with Crippen molar-refractivity contribution in [2.24, 2.45) is 5.41 Å². The minimum absolute atomic E-state index is 0.0800. The molecule has 2 aliphatic rings. The number of carbonyl (C=O) groups is 2. The molecule has 27 heavy (non-hydrogen) atoms. The highest BCUT2D eigenvalue weighted by Gasteiger charge is 2.44. The molecule has 1 saturated heterocycles. The Balaban J connectivity index is 1.60. The number of rotatable bonds is 2. The van der Waals surface area contributed by atoms with E-state index in [2.05, 4.69) is 5.32 Å². The highest BCUT2D eigenvalue weighted by Crippen LogP contribution is 2.41. The number of hydrogen-bond acceptors (Lipinski definition) is 3. The first-order chi connectivity index (χ1) is 12.9. The summed E-state index contributed by atoms with van der Waals surface area (Å²) in [5.41, 5.74) is 1.19. The summed E-state index contributed by atoms with van der Waals surface area (Å²) < 4.78 is 27.1. The van der Waals surface area contributed by atoms with E-state index >= 15 is 0 Å². The summed E-state index contributed by atoms with van der Waals surface area (Å²) in [7, 11) is 0. The monoisotopic (exact) mass is 372 g/mol. The number of hydrogen-bond donors (Lipinski definition) is 2. The number of amides is 2. The maximum atomic E-state index is 13.8. The number of nitrogens with zero attached hydrogens (tertiary/aromatic N) is 1. The van der Waals surface area contributed by atoms with Gasteiger partial charge in [-0.3, -0.25) is 14.8 Å². The van der Waals surface area contributed by atoms with Gasteiger partial charge in [-0.15, -0.1) is 0 Å². The van der Waals surface area contributed by atoms with Crippen LogP contribution < -0.4 is 10.4 Å². The molecule has 2 aromatic carbocycles. The lowest BCUT2D eigenvalue weighted by Crippen LogP contribution is -2.36. The van der Waals surface area contributed by atoms with Crippen LogP contribution in [-0.4, -0.2) is 23.6 Å². The number of halogens is 2. The first-order valence-corrected chi connectivity index (χ1v) is 8.78. The number of nitrogens with one attached hydrogen (secondary N) is 1. The first kappa shape index (κ1) is 17.6. The third-order valence-electron chi connectivity index (χ3n) is 5.55. The highest BCUT2D eigenvalue weighted by atomic mass is 19.1. The molecule has 7 heteroatoms. The van der Waals surface area contributed by atoms with Crippen LogP contribution in [0.5, 0.6) is 0 Å². The van der Waals surface area contributed by atoms with E-state index in [1.54, 1.807) is 12.1 Å². The van der Waals surface area contributed by atoms with E-state index < -0.39 is 23.2 Å². The van der Waals surface area contributed by atoms with Gasteiger partial charge < -0.3 is 5.32 Å². The minimum atomic E-state index is -0.903. The third kappa shape index (κ3) is 2.98. The summed E-state index contributed by atoms with van der Waals surface area (Å²) >= 11 is 0. The van der Waals surface area contributed by atoms with Gasteiger partial charge in [-0.1, -0.05) is 6.07 Å². The first-order valence-electron chi connectivity index (χ1n) is 8.78. The summed E-state index contributed by atoms with van der Waals surface area (Å²) in [4.78, 5) is 24.7. The number of benzene rings is 2. The molecule has 1 fully saturated rings. The van der Waals surface area contributed by atoms with Crippen molar-refractivity contribution in [1.82, 2.24) is 5.32 Å².